The van der Waals surface area contributed by atoms with E-state index in [4.69, 9.17) is 11.6 Å². The van der Waals surface area contributed by atoms with E-state index in [2.05, 4.69) is 41.2 Å². The van der Waals surface area contributed by atoms with Crippen LogP contribution in [0.4, 0.5) is 0 Å². The van der Waals surface area contributed by atoms with Gasteiger partial charge < -0.3 is 4.90 Å². The molecule has 2 nitrogen and oxygen atoms in total. The van der Waals surface area contributed by atoms with Crippen molar-refractivity contribution in [1.29, 1.82) is 0 Å². The first-order valence-electron chi connectivity index (χ1n) is 6.06. The quantitative estimate of drug-likeness (QED) is 0.819. The zero-order valence-corrected chi connectivity index (χ0v) is 11.3. The van der Waals surface area contributed by atoms with E-state index in [-0.39, 0.29) is 0 Å². The van der Waals surface area contributed by atoms with Crippen LogP contribution in [0.5, 0.6) is 0 Å². The summed E-state index contributed by atoms with van der Waals surface area (Å²) in [6.07, 6.45) is 4.60. The minimum atomic E-state index is 0.788. The Morgan fingerprint density at radius 1 is 1.17 bits per heavy atom. The number of halogens is 1. The van der Waals surface area contributed by atoms with Crippen LogP contribution in [-0.4, -0.2) is 23.5 Å². The first-order chi connectivity index (χ1) is 8.75. The van der Waals surface area contributed by atoms with Crippen molar-refractivity contribution in [3.8, 4) is 0 Å². The molecule has 0 fully saturated rings. The molecule has 0 atom stereocenters. The van der Waals surface area contributed by atoms with Gasteiger partial charge in [0.15, 0.2) is 0 Å². The van der Waals surface area contributed by atoms with E-state index in [1.54, 1.807) is 6.20 Å². The second kappa shape index (κ2) is 6.53. The predicted molar refractivity (Wildman–Crippen MR) is 75.7 cm³/mol. The number of likely N-dealkylation sites (N-methyl/N-ethyl adjacent to an activating group) is 1. The van der Waals surface area contributed by atoms with Gasteiger partial charge in [-0.25, -0.2) is 0 Å². The number of nitrogens with zero attached hydrogens (tertiary/aromatic N) is 2. The fourth-order valence-corrected chi connectivity index (χ4v) is 2.03. The lowest BCUT2D eigenvalue weighted by molar-refractivity contribution is 0.331. The predicted octanol–water partition coefficient (Wildman–Crippen LogP) is 3.41. The summed E-state index contributed by atoms with van der Waals surface area (Å²) in [6.45, 7) is 1.84. The molecule has 0 spiro atoms. The molecule has 0 N–H and O–H groups in total. The fourth-order valence-electron chi connectivity index (χ4n) is 1.86. The van der Waals surface area contributed by atoms with Gasteiger partial charge in [0.2, 0.25) is 0 Å². The van der Waals surface area contributed by atoms with Crippen molar-refractivity contribution in [2.24, 2.45) is 0 Å². The molecular weight excluding hydrogens is 244 g/mol. The molecule has 0 aliphatic carbocycles. The molecule has 0 saturated heterocycles. The van der Waals surface area contributed by atoms with Gasteiger partial charge in [0.1, 0.15) is 0 Å². The Kier molecular flexibility index (Phi) is 4.73. The number of pyridine rings is 1. The van der Waals surface area contributed by atoms with E-state index >= 15 is 0 Å². The normalized spacial score (nSPS) is 10.8. The molecule has 1 aromatic carbocycles. The summed E-state index contributed by atoms with van der Waals surface area (Å²) in [7, 11) is 2.10. The van der Waals surface area contributed by atoms with Gasteiger partial charge in [0.25, 0.3) is 0 Å². The summed E-state index contributed by atoms with van der Waals surface area (Å²) in [5.41, 5.74) is 2.44. The van der Waals surface area contributed by atoms with Gasteiger partial charge in [0.05, 0.1) is 0 Å². The molecule has 0 bridgehead atoms. The Bertz CT molecular complexity index is 485. The summed E-state index contributed by atoms with van der Waals surface area (Å²) in [4.78, 5) is 6.37. The van der Waals surface area contributed by atoms with Crippen molar-refractivity contribution in [1.82, 2.24) is 9.88 Å². The summed E-state index contributed by atoms with van der Waals surface area (Å²) in [6, 6.07) is 12.3. The molecule has 0 saturated carbocycles. The molecule has 2 aromatic rings. The minimum absolute atomic E-state index is 0.788. The number of benzene rings is 1. The van der Waals surface area contributed by atoms with Crippen molar-refractivity contribution in [3.63, 3.8) is 0 Å². The highest BCUT2D eigenvalue weighted by Crippen LogP contribution is 2.15. The first-order valence-corrected chi connectivity index (χ1v) is 6.44. The molecule has 1 heterocycles. The van der Waals surface area contributed by atoms with Crippen LogP contribution in [0, 0.1) is 0 Å². The zero-order chi connectivity index (χ0) is 12.8. The van der Waals surface area contributed by atoms with E-state index in [1.807, 2.05) is 18.3 Å². The molecule has 3 heteroatoms. The second-order valence-corrected chi connectivity index (χ2v) is 4.85. The van der Waals surface area contributed by atoms with Crippen molar-refractivity contribution >= 4 is 11.6 Å². The van der Waals surface area contributed by atoms with Crippen molar-refractivity contribution in [2.75, 3.05) is 13.6 Å². The van der Waals surface area contributed by atoms with Crippen LogP contribution in [0.25, 0.3) is 0 Å². The smallest absolute Gasteiger partial charge is 0.0481 e. The molecule has 1 aromatic heterocycles. The molecule has 0 aliphatic rings. The Hall–Kier alpha value is -1.38. The molecular formula is C15H17ClN2. The molecule has 0 unspecified atom stereocenters. The summed E-state index contributed by atoms with van der Waals surface area (Å²) in [5.74, 6) is 0. The lowest BCUT2D eigenvalue weighted by atomic mass is 10.1. The highest BCUT2D eigenvalue weighted by Gasteiger charge is 2.04. The largest absolute Gasteiger partial charge is 0.302 e. The van der Waals surface area contributed by atoms with E-state index in [0.717, 1.165) is 30.1 Å². The maximum Gasteiger partial charge on any atom is 0.0481 e. The fraction of sp³-hybridized carbons (Fsp3) is 0.267. The topological polar surface area (TPSA) is 16.1 Å². The van der Waals surface area contributed by atoms with Crippen LogP contribution in [0.2, 0.25) is 5.02 Å². The van der Waals surface area contributed by atoms with E-state index in [0.29, 0.717) is 0 Å². The molecule has 0 radical (unpaired) electrons. The average molecular weight is 261 g/mol. The van der Waals surface area contributed by atoms with Crippen molar-refractivity contribution in [2.45, 2.75) is 13.0 Å². The Balaban J connectivity index is 1.86. The van der Waals surface area contributed by atoms with Gasteiger partial charge in [0, 0.05) is 36.1 Å². The number of hydrogen-bond acceptors (Lipinski definition) is 2. The van der Waals surface area contributed by atoms with E-state index < -0.39 is 0 Å². The number of hydrogen-bond donors (Lipinski definition) is 0. The third-order valence-electron chi connectivity index (χ3n) is 2.91. The van der Waals surface area contributed by atoms with Gasteiger partial charge in [-0.15, -0.1) is 0 Å². The molecule has 94 valence electrons. The third-order valence-corrected chi connectivity index (χ3v) is 3.28. The maximum absolute atomic E-state index is 6.12. The average Bonchev–Trinajstić information content (AvgIpc) is 2.40. The first kappa shape index (κ1) is 13.1. The second-order valence-electron chi connectivity index (χ2n) is 4.44. The van der Waals surface area contributed by atoms with Crippen molar-refractivity contribution in [3.05, 3.63) is 64.9 Å². The van der Waals surface area contributed by atoms with Gasteiger partial charge >= 0.3 is 0 Å². The SMILES string of the molecule is CN(CCc1ccccc1)Cc1cnccc1Cl. The Labute approximate surface area is 113 Å². The molecule has 0 aliphatic heterocycles. The lowest BCUT2D eigenvalue weighted by Gasteiger charge is -2.17. The number of aromatic nitrogens is 1. The zero-order valence-electron chi connectivity index (χ0n) is 10.5. The van der Waals surface area contributed by atoms with Crippen LogP contribution >= 0.6 is 11.6 Å². The summed E-state index contributed by atoms with van der Waals surface area (Å²) in [5, 5.41) is 0.788. The highest BCUT2D eigenvalue weighted by molar-refractivity contribution is 6.31. The van der Waals surface area contributed by atoms with Crippen LogP contribution < -0.4 is 0 Å². The summed E-state index contributed by atoms with van der Waals surface area (Å²) < 4.78 is 0. The van der Waals surface area contributed by atoms with E-state index in [9.17, 15) is 0 Å². The van der Waals surface area contributed by atoms with Gasteiger partial charge in [-0.1, -0.05) is 41.9 Å². The van der Waals surface area contributed by atoms with Crippen LogP contribution in [-0.2, 0) is 13.0 Å². The Morgan fingerprint density at radius 2 is 1.94 bits per heavy atom. The van der Waals surface area contributed by atoms with Crippen LogP contribution in [0.15, 0.2) is 48.8 Å². The van der Waals surface area contributed by atoms with Gasteiger partial charge in [-0.2, -0.15) is 0 Å². The molecule has 18 heavy (non-hydrogen) atoms. The molecule has 0 amide bonds. The van der Waals surface area contributed by atoms with Gasteiger partial charge in [-0.3, -0.25) is 4.98 Å². The maximum atomic E-state index is 6.12. The van der Waals surface area contributed by atoms with Gasteiger partial charge in [-0.05, 0) is 25.1 Å². The monoisotopic (exact) mass is 260 g/mol. The minimum Gasteiger partial charge on any atom is -0.302 e. The third kappa shape index (κ3) is 3.83. The Morgan fingerprint density at radius 3 is 2.67 bits per heavy atom. The van der Waals surface area contributed by atoms with Crippen LogP contribution in [0.1, 0.15) is 11.1 Å². The standard InChI is InChI=1S/C15H17ClN2/c1-18(10-8-13-5-3-2-4-6-13)12-14-11-17-9-7-15(14)16/h2-7,9,11H,8,10,12H2,1H3. The van der Waals surface area contributed by atoms with Crippen LogP contribution in [0.3, 0.4) is 0 Å². The highest BCUT2D eigenvalue weighted by atomic mass is 35.5. The number of rotatable bonds is 5. The van der Waals surface area contributed by atoms with Crippen molar-refractivity contribution < 1.29 is 0 Å². The lowest BCUT2D eigenvalue weighted by Crippen LogP contribution is -2.21. The molecule has 2 rings (SSSR count). The summed E-state index contributed by atoms with van der Waals surface area (Å²) >= 11 is 6.12. The van der Waals surface area contributed by atoms with E-state index in [1.165, 1.54) is 5.56 Å².